The van der Waals surface area contributed by atoms with E-state index in [9.17, 15) is 4.79 Å². The smallest absolute Gasteiger partial charge is 0.251 e. The maximum Gasteiger partial charge on any atom is 0.251 e. The second-order valence-electron chi connectivity index (χ2n) is 4.99. The highest BCUT2D eigenvalue weighted by Gasteiger charge is 2.28. The number of hydrogen-bond donors (Lipinski definition) is 1. The first-order chi connectivity index (χ1) is 9.24. The van der Waals surface area contributed by atoms with Crippen LogP contribution in [-0.2, 0) is 0 Å². The molecule has 1 fully saturated rings. The van der Waals surface area contributed by atoms with Gasteiger partial charge in [0.05, 0.1) is 5.69 Å². The van der Waals surface area contributed by atoms with Crippen molar-refractivity contribution in [3.63, 3.8) is 0 Å². The van der Waals surface area contributed by atoms with Gasteiger partial charge >= 0.3 is 0 Å². The minimum absolute atomic E-state index is 0.00968. The molecule has 1 aliphatic carbocycles. The summed E-state index contributed by atoms with van der Waals surface area (Å²) in [5.74, 6) is 0.655. The van der Waals surface area contributed by atoms with Crippen LogP contribution >= 0.6 is 0 Å². The lowest BCUT2D eigenvalue weighted by Gasteiger charge is -2.12. The number of nitrogens with zero attached hydrogens (tertiary/aromatic N) is 3. The number of rotatable bonds is 4. The largest absolute Gasteiger partial charge is 0.349 e. The molecule has 0 bridgehead atoms. The fourth-order valence-corrected chi connectivity index (χ4v) is 2.11. The van der Waals surface area contributed by atoms with Gasteiger partial charge in [-0.3, -0.25) is 4.79 Å². The number of benzene rings is 1. The van der Waals surface area contributed by atoms with Crippen LogP contribution in [0.3, 0.4) is 0 Å². The average Bonchev–Trinajstić information content (AvgIpc) is 3.14. The van der Waals surface area contributed by atoms with Gasteiger partial charge in [-0.1, -0.05) is 0 Å². The Morgan fingerprint density at radius 3 is 2.68 bits per heavy atom. The molecule has 1 aromatic heterocycles. The normalized spacial score (nSPS) is 16.1. The highest BCUT2D eigenvalue weighted by Crippen LogP contribution is 2.32. The van der Waals surface area contributed by atoms with E-state index in [2.05, 4.69) is 22.3 Å². The van der Waals surface area contributed by atoms with Gasteiger partial charge in [0.2, 0.25) is 0 Å². The van der Waals surface area contributed by atoms with Crippen LogP contribution in [-0.4, -0.2) is 26.7 Å². The fraction of sp³-hybridized carbons (Fsp3) is 0.357. The molecule has 19 heavy (non-hydrogen) atoms. The molecule has 5 nitrogen and oxygen atoms in total. The van der Waals surface area contributed by atoms with Crippen molar-refractivity contribution in [1.82, 2.24) is 20.1 Å². The summed E-state index contributed by atoms with van der Waals surface area (Å²) in [5.41, 5.74) is 1.57. The summed E-state index contributed by atoms with van der Waals surface area (Å²) in [6, 6.07) is 7.62. The summed E-state index contributed by atoms with van der Waals surface area (Å²) >= 11 is 0. The van der Waals surface area contributed by atoms with Gasteiger partial charge in [0.25, 0.3) is 5.91 Å². The molecule has 0 saturated heterocycles. The summed E-state index contributed by atoms with van der Waals surface area (Å²) in [6.07, 6.45) is 5.57. The zero-order valence-corrected chi connectivity index (χ0v) is 10.8. The van der Waals surface area contributed by atoms with Crippen LogP contribution < -0.4 is 5.32 Å². The molecular weight excluding hydrogens is 240 g/mol. The monoisotopic (exact) mass is 256 g/mol. The van der Waals surface area contributed by atoms with Crippen LogP contribution in [0.2, 0.25) is 0 Å². The Morgan fingerprint density at radius 2 is 2.11 bits per heavy atom. The van der Waals surface area contributed by atoms with Gasteiger partial charge in [-0.05, 0) is 49.9 Å². The minimum atomic E-state index is -0.00968. The van der Waals surface area contributed by atoms with E-state index in [1.165, 1.54) is 19.2 Å². The van der Waals surface area contributed by atoms with Crippen LogP contribution in [0.25, 0.3) is 5.69 Å². The van der Waals surface area contributed by atoms with Gasteiger partial charge in [0, 0.05) is 11.6 Å². The van der Waals surface area contributed by atoms with E-state index in [4.69, 9.17) is 0 Å². The first kappa shape index (κ1) is 11.9. The Kier molecular flexibility index (Phi) is 3.03. The van der Waals surface area contributed by atoms with E-state index in [-0.39, 0.29) is 11.9 Å². The zero-order chi connectivity index (χ0) is 13.2. The molecule has 1 aromatic carbocycles. The Bertz CT molecular complexity index is 558. The van der Waals surface area contributed by atoms with Crippen molar-refractivity contribution < 1.29 is 4.79 Å². The standard InChI is InChI=1S/C14H16N4O/c1-10(11-2-3-11)17-14(19)12-4-6-13(7-5-12)18-9-15-8-16-18/h4-11H,2-3H2,1H3,(H,17,19)/t10-/m1/s1. The lowest BCUT2D eigenvalue weighted by atomic mass is 10.1. The van der Waals surface area contributed by atoms with E-state index in [0.29, 0.717) is 11.5 Å². The Labute approximate surface area is 111 Å². The van der Waals surface area contributed by atoms with Crippen molar-refractivity contribution in [2.24, 2.45) is 5.92 Å². The molecule has 1 amide bonds. The number of carbonyl (C=O) groups excluding carboxylic acids is 1. The molecule has 5 heteroatoms. The molecule has 1 heterocycles. The molecule has 0 aliphatic heterocycles. The highest BCUT2D eigenvalue weighted by molar-refractivity contribution is 5.94. The minimum Gasteiger partial charge on any atom is -0.349 e. The van der Waals surface area contributed by atoms with Gasteiger partial charge in [0.15, 0.2) is 0 Å². The molecule has 0 unspecified atom stereocenters. The number of aromatic nitrogens is 3. The summed E-state index contributed by atoms with van der Waals surface area (Å²) in [7, 11) is 0. The third-order valence-corrected chi connectivity index (χ3v) is 3.50. The van der Waals surface area contributed by atoms with Gasteiger partial charge < -0.3 is 5.32 Å². The molecule has 2 aromatic rings. The van der Waals surface area contributed by atoms with Gasteiger partial charge in [-0.2, -0.15) is 5.10 Å². The molecule has 1 aliphatic rings. The number of nitrogens with one attached hydrogen (secondary N) is 1. The predicted molar refractivity (Wildman–Crippen MR) is 71.0 cm³/mol. The molecule has 1 saturated carbocycles. The maximum absolute atomic E-state index is 12.0. The van der Waals surface area contributed by atoms with Crippen LogP contribution in [0.15, 0.2) is 36.9 Å². The number of carbonyl (C=O) groups is 1. The summed E-state index contributed by atoms with van der Waals surface area (Å²) in [6.45, 7) is 2.07. The van der Waals surface area contributed by atoms with Crippen molar-refractivity contribution in [1.29, 1.82) is 0 Å². The average molecular weight is 256 g/mol. The van der Waals surface area contributed by atoms with Crippen molar-refractivity contribution >= 4 is 5.91 Å². The lowest BCUT2D eigenvalue weighted by Crippen LogP contribution is -2.33. The van der Waals surface area contributed by atoms with Gasteiger partial charge in [-0.25, -0.2) is 9.67 Å². The van der Waals surface area contributed by atoms with Crippen LogP contribution in [0, 0.1) is 5.92 Å². The molecule has 3 rings (SSSR count). The van der Waals surface area contributed by atoms with Crippen molar-refractivity contribution in [3.8, 4) is 5.69 Å². The molecule has 0 radical (unpaired) electrons. The quantitative estimate of drug-likeness (QED) is 0.907. The fourth-order valence-electron chi connectivity index (χ4n) is 2.11. The maximum atomic E-state index is 12.0. The first-order valence-corrected chi connectivity index (χ1v) is 6.50. The van der Waals surface area contributed by atoms with Gasteiger partial charge in [0.1, 0.15) is 12.7 Å². The van der Waals surface area contributed by atoms with Crippen LogP contribution in [0.1, 0.15) is 30.1 Å². The van der Waals surface area contributed by atoms with Crippen molar-refractivity contribution in [2.45, 2.75) is 25.8 Å². The van der Waals surface area contributed by atoms with E-state index in [0.717, 1.165) is 5.69 Å². The van der Waals surface area contributed by atoms with Gasteiger partial charge in [-0.15, -0.1) is 0 Å². The molecule has 98 valence electrons. The highest BCUT2D eigenvalue weighted by atomic mass is 16.1. The predicted octanol–water partition coefficient (Wildman–Crippen LogP) is 1.80. The second-order valence-corrected chi connectivity index (χ2v) is 4.99. The Balaban J connectivity index is 1.69. The molecular formula is C14H16N4O. The van der Waals surface area contributed by atoms with E-state index in [1.807, 2.05) is 24.3 Å². The summed E-state index contributed by atoms with van der Waals surface area (Å²) in [5, 5.41) is 7.08. The lowest BCUT2D eigenvalue weighted by molar-refractivity contribution is 0.0936. The molecule has 0 spiro atoms. The number of hydrogen-bond acceptors (Lipinski definition) is 3. The SMILES string of the molecule is C[C@@H](NC(=O)c1ccc(-n2cncn2)cc1)C1CC1. The summed E-state index contributed by atoms with van der Waals surface area (Å²) in [4.78, 5) is 15.9. The molecule has 1 N–H and O–H groups in total. The second kappa shape index (κ2) is 4.84. The third kappa shape index (κ3) is 2.65. The van der Waals surface area contributed by atoms with Crippen molar-refractivity contribution in [2.75, 3.05) is 0 Å². The topological polar surface area (TPSA) is 59.8 Å². The zero-order valence-electron chi connectivity index (χ0n) is 10.8. The summed E-state index contributed by atoms with van der Waals surface area (Å²) < 4.78 is 1.66. The third-order valence-electron chi connectivity index (χ3n) is 3.50. The van der Waals surface area contributed by atoms with Crippen LogP contribution in [0.5, 0.6) is 0 Å². The van der Waals surface area contributed by atoms with Crippen LogP contribution in [0.4, 0.5) is 0 Å². The van der Waals surface area contributed by atoms with E-state index in [1.54, 1.807) is 11.0 Å². The molecule has 1 atom stereocenters. The number of amides is 1. The Morgan fingerprint density at radius 1 is 1.37 bits per heavy atom. The van der Waals surface area contributed by atoms with Crippen molar-refractivity contribution in [3.05, 3.63) is 42.5 Å². The first-order valence-electron chi connectivity index (χ1n) is 6.50. The van der Waals surface area contributed by atoms with E-state index >= 15 is 0 Å². The Hall–Kier alpha value is -2.17. The van der Waals surface area contributed by atoms with E-state index < -0.39 is 0 Å².